The SMILES string of the molecule is CC(C)(C)[Si](C)(C)OCCOc1cnc(S(C)(=O)=O)nc1. The Bertz CT molecular complexity index is 565. The Morgan fingerprint density at radius 3 is 2.10 bits per heavy atom. The predicted molar refractivity (Wildman–Crippen MR) is 83.8 cm³/mol. The number of aromatic nitrogens is 2. The topological polar surface area (TPSA) is 78.4 Å². The van der Waals surface area contributed by atoms with Crippen molar-refractivity contribution in [2.24, 2.45) is 0 Å². The molecule has 0 aromatic carbocycles. The molecule has 0 aliphatic heterocycles. The van der Waals surface area contributed by atoms with Crippen molar-refractivity contribution in [1.82, 2.24) is 9.97 Å². The van der Waals surface area contributed by atoms with E-state index in [0.717, 1.165) is 6.26 Å². The van der Waals surface area contributed by atoms with E-state index in [1.165, 1.54) is 12.4 Å². The first-order valence-electron chi connectivity index (χ1n) is 6.72. The number of nitrogens with zero attached hydrogens (tertiary/aromatic N) is 2. The van der Waals surface area contributed by atoms with Crippen molar-refractivity contribution >= 4 is 18.2 Å². The summed E-state index contributed by atoms with van der Waals surface area (Å²) < 4.78 is 33.9. The molecule has 6 nitrogen and oxygen atoms in total. The lowest BCUT2D eigenvalue weighted by Crippen LogP contribution is -2.41. The molecule has 0 amide bonds. The Hall–Kier alpha value is -0.993. The van der Waals surface area contributed by atoms with Gasteiger partial charge >= 0.3 is 0 Å². The molecule has 0 aliphatic carbocycles. The van der Waals surface area contributed by atoms with Crippen LogP contribution in [0.15, 0.2) is 17.6 Å². The van der Waals surface area contributed by atoms with Crippen LogP contribution in [0.25, 0.3) is 0 Å². The minimum absolute atomic E-state index is 0.160. The minimum atomic E-state index is -3.38. The summed E-state index contributed by atoms with van der Waals surface area (Å²) in [7, 11) is -5.14. The summed E-state index contributed by atoms with van der Waals surface area (Å²) in [4.78, 5) is 7.52. The van der Waals surface area contributed by atoms with Crippen LogP contribution in [0.1, 0.15) is 20.8 Å². The zero-order valence-corrected chi connectivity index (χ0v) is 15.3. The van der Waals surface area contributed by atoms with E-state index in [-0.39, 0.29) is 10.2 Å². The first-order valence-corrected chi connectivity index (χ1v) is 11.5. The molecule has 8 heteroatoms. The summed E-state index contributed by atoms with van der Waals surface area (Å²) in [5, 5.41) is -0.0415. The molecule has 120 valence electrons. The first kappa shape index (κ1) is 18.1. The van der Waals surface area contributed by atoms with Gasteiger partial charge in [0.25, 0.3) is 0 Å². The van der Waals surface area contributed by atoms with Gasteiger partial charge in [0.1, 0.15) is 6.61 Å². The molecular formula is C13H24N2O4SSi. The monoisotopic (exact) mass is 332 g/mol. The van der Waals surface area contributed by atoms with Crippen molar-refractivity contribution in [3.05, 3.63) is 12.4 Å². The van der Waals surface area contributed by atoms with Crippen LogP contribution < -0.4 is 4.74 Å². The van der Waals surface area contributed by atoms with Gasteiger partial charge in [-0.1, -0.05) is 20.8 Å². The van der Waals surface area contributed by atoms with Crippen LogP contribution in [0.5, 0.6) is 5.75 Å². The highest BCUT2D eigenvalue weighted by Crippen LogP contribution is 2.36. The lowest BCUT2D eigenvalue weighted by atomic mass is 10.2. The average Bonchev–Trinajstić information content (AvgIpc) is 2.33. The largest absolute Gasteiger partial charge is 0.488 e. The first-order chi connectivity index (χ1) is 9.43. The Morgan fingerprint density at radius 1 is 1.14 bits per heavy atom. The summed E-state index contributed by atoms with van der Waals surface area (Å²) in [5.74, 6) is 0.432. The molecule has 0 radical (unpaired) electrons. The Morgan fingerprint density at radius 2 is 1.67 bits per heavy atom. The van der Waals surface area contributed by atoms with E-state index in [4.69, 9.17) is 9.16 Å². The van der Waals surface area contributed by atoms with Crippen LogP contribution in [0, 0.1) is 0 Å². The molecule has 0 spiro atoms. The Balaban J connectivity index is 2.47. The third-order valence-corrected chi connectivity index (χ3v) is 8.97. The van der Waals surface area contributed by atoms with Crippen molar-refractivity contribution in [2.45, 2.75) is 44.1 Å². The lowest BCUT2D eigenvalue weighted by Gasteiger charge is -2.36. The highest BCUT2D eigenvalue weighted by atomic mass is 32.2. The third kappa shape index (κ3) is 5.37. The highest BCUT2D eigenvalue weighted by Gasteiger charge is 2.36. The van der Waals surface area contributed by atoms with Gasteiger partial charge in [-0.05, 0) is 18.1 Å². The standard InChI is InChI=1S/C13H24N2O4SSi/c1-13(2,3)21(5,6)19-8-7-18-11-9-14-12(15-10-11)20(4,16)17/h9-10H,7-8H2,1-6H3. The molecule has 0 unspecified atom stereocenters. The fourth-order valence-electron chi connectivity index (χ4n) is 1.24. The number of ether oxygens (including phenoxy) is 1. The summed E-state index contributed by atoms with van der Waals surface area (Å²) in [6.45, 7) is 11.8. The maximum absolute atomic E-state index is 11.2. The summed E-state index contributed by atoms with van der Waals surface area (Å²) in [5.41, 5.74) is 0. The van der Waals surface area contributed by atoms with Crippen molar-refractivity contribution in [1.29, 1.82) is 0 Å². The molecular weight excluding hydrogens is 308 g/mol. The van der Waals surface area contributed by atoms with Crippen molar-refractivity contribution in [3.63, 3.8) is 0 Å². The van der Waals surface area contributed by atoms with Crippen molar-refractivity contribution in [2.75, 3.05) is 19.5 Å². The van der Waals surface area contributed by atoms with Gasteiger partial charge in [-0.15, -0.1) is 0 Å². The highest BCUT2D eigenvalue weighted by molar-refractivity contribution is 7.90. The minimum Gasteiger partial charge on any atom is -0.488 e. The normalized spacial score (nSPS) is 13.2. The molecule has 0 atom stereocenters. The van der Waals surface area contributed by atoms with E-state index >= 15 is 0 Å². The lowest BCUT2D eigenvalue weighted by molar-refractivity contribution is 0.202. The maximum Gasteiger partial charge on any atom is 0.246 e. The van der Waals surface area contributed by atoms with Crippen molar-refractivity contribution in [3.8, 4) is 5.75 Å². The molecule has 1 rings (SSSR count). The fourth-order valence-corrected chi connectivity index (χ4v) is 2.76. The summed E-state index contributed by atoms with van der Waals surface area (Å²) in [6.07, 6.45) is 3.78. The second-order valence-corrected chi connectivity index (χ2v) is 13.1. The van der Waals surface area contributed by atoms with Crippen molar-refractivity contribution < 1.29 is 17.6 Å². The van der Waals surface area contributed by atoms with Gasteiger partial charge in [-0.25, -0.2) is 18.4 Å². The van der Waals surface area contributed by atoms with Gasteiger partial charge < -0.3 is 9.16 Å². The van der Waals surface area contributed by atoms with Crippen LogP contribution in [-0.4, -0.2) is 46.2 Å². The second kappa shape index (κ2) is 6.41. The average molecular weight is 332 g/mol. The third-order valence-electron chi connectivity index (χ3n) is 3.56. The number of rotatable bonds is 6. The number of sulfone groups is 1. The van der Waals surface area contributed by atoms with Crippen LogP contribution in [0.4, 0.5) is 0 Å². The van der Waals surface area contributed by atoms with Gasteiger partial charge in [-0.3, -0.25) is 0 Å². The Kier molecular flexibility index (Phi) is 5.51. The second-order valence-electron chi connectivity index (χ2n) is 6.43. The maximum atomic E-state index is 11.2. The number of hydrogen-bond donors (Lipinski definition) is 0. The number of hydrogen-bond acceptors (Lipinski definition) is 6. The molecule has 0 fully saturated rings. The molecule has 0 bridgehead atoms. The van der Waals surface area contributed by atoms with E-state index in [0.29, 0.717) is 19.0 Å². The molecule has 1 aromatic heterocycles. The van der Waals surface area contributed by atoms with Crippen LogP contribution in [-0.2, 0) is 14.3 Å². The van der Waals surface area contributed by atoms with E-state index < -0.39 is 18.2 Å². The van der Waals surface area contributed by atoms with E-state index in [1.54, 1.807) is 0 Å². The molecule has 0 aliphatic rings. The van der Waals surface area contributed by atoms with E-state index in [9.17, 15) is 8.42 Å². The molecule has 0 saturated carbocycles. The molecule has 0 N–H and O–H groups in total. The van der Waals surface area contributed by atoms with Gasteiger partial charge in [-0.2, -0.15) is 0 Å². The molecule has 21 heavy (non-hydrogen) atoms. The molecule has 1 aromatic rings. The molecule has 0 saturated heterocycles. The zero-order valence-electron chi connectivity index (χ0n) is 13.5. The van der Waals surface area contributed by atoms with Gasteiger partial charge in [0.2, 0.25) is 15.0 Å². The molecule has 1 heterocycles. The summed E-state index contributed by atoms with van der Waals surface area (Å²) >= 11 is 0. The van der Waals surface area contributed by atoms with E-state index in [1.807, 2.05) is 0 Å². The van der Waals surface area contributed by atoms with Crippen LogP contribution >= 0.6 is 0 Å². The van der Waals surface area contributed by atoms with Gasteiger partial charge in [0.05, 0.1) is 19.0 Å². The Labute approximate surface area is 128 Å². The summed E-state index contributed by atoms with van der Waals surface area (Å²) in [6, 6.07) is 0. The van der Waals surface area contributed by atoms with Gasteiger partial charge in [0, 0.05) is 6.26 Å². The van der Waals surface area contributed by atoms with Crippen LogP contribution in [0.2, 0.25) is 18.1 Å². The zero-order chi connectivity index (χ0) is 16.3. The quantitative estimate of drug-likeness (QED) is 0.452. The fraction of sp³-hybridized carbons (Fsp3) is 0.692. The smallest absolute Gasteiger partial charge is 0.246 e. The van der Waals surface area contributed by atoms with E-state index in [2.05, 4.69) is 43.8 Å². The van der Waals surface area contributed by atoms with Gasteiger partial charge in [0.15, 0.2) is 14.1 Å². The van der Waals surface area contributed by atoms with Crippen LogP contribution in [0.3, 0.4) is 0 Å². The predicted octanol–water partition coefficient (Wildman–Crippen LogP) is 2.28.